The van der Waals surface area contributed by atoms with Crippen LogP contribution in [0.2, 0.25) is 0 Å². The Hall–Kier alpha value is -2.82. The van der Waals surface area contributed by atoms with Crippen LogP contribution in [-0.2, 0) is 22.6 Å². The molecule has 2 rings (SSSR count). The van der Waals surface area contributed by atoms with Crippen molar-refractivity contribution in [1.29, 1.82) is 0 Å². The normalized spacial score (nSPS) is 10.9. The molecule has 0 aliphatic heterocycles. The van der Waals surface area contributed by atoms with Crippen molar-refractivity contribution in [1.82, 2.24) is 5.32 Å². The maximum Gasteiger partial charge on any atom is 0.239 e. The van der Waals surface area contributed by atoms with Gasteiger partial charge in [-0.1, -0.05) is 37.3 Å². The lowest BCUT2D eigenvalue weighted by Crippen LogP contribution is -2.45. The number of nitrogens with one attached hydrogen (secondary N) is 2. The molecule has 0 aromatic heterocycles. The van der Waals surface area contributed by atoms with E-state index in [2.05, 4.69) is 10.6 Å². The Labute approximate surface area is 154 Å². The largest absolute Gasteiger partial charge is 0.497 e. The van der Waals surface area contributed by atoms with Gasteiger partial charge in [0.1, 0.15) is 11.2 Å². The molecule has 0 radical (unpaired) electrons. The molecule has 2 amide bonds. The topological polar surface area (TPSA) is 67.4 Å². The molecule has 5 heteroatoms. The minimum absolute atomic E-state index is 0.320. The summed E-state index contributed by atoms with van der Waals surface area (Å²) in [4.78, 5) is 25.2. The smallest absolute Gasteiger partial charge is 0.239 e. The SMILES string of the molecule is CCc1ccccc1NC(=O)C(C)(C)C(=O)NCc1ccc(OC)cc1. The van der Waals surface area contributed by atoms with Gasteiger partial charge < -0.3 is 15.4 Å². The van der Waals surface area contributed by atoms with Gasteiger partial charge in [0.05, 0.1) is 7.11 Å². The zero-order chi connectivity index (χ0) is 19.2. The summed E-state index contributed by atoms with van der Waals surface area (Å²) in [5, 5.41) is 5.71. The molecular formula is C21H26N2O3. The highest BCUT2D eigenvalue weighted by Gasteiger charge is 2.36. The maximum atomic E-state index is 12.7. The molecular weight excluding hydrogens is 328 g/mol. The molecule has 2 N–H and O–H groups in total. The molecule has 0 aliphatic rings. The zero-order valence-corrected chi connectivity index (χ0v) is 15.8. The molecule has 0 saturated heterocycles. The zero-order valence-electron chi connectivity index (χ0n) is 15.8. The van der Waals surface area contributed by atoms with Crippen molar-refractivity contribution < 1.29 is 14.3 Å². The Morgan fingerprint density at radius 1 is 1.00 bits per heavy atom. The Morgan fingerprint density at radius 2 is 1.65 bits per heavy atom. The van der Waals surface area contributed by atoms with E-state index < -0.39 is 5.41 Å². The lowest BCUT2D eigenvalue weighted by molar-refractivity contribution is -0.138. The highest BCUT2D eigenvalue weighted by Crippen LogP contribution is 2.22. The Kier molecular flexibility index (Phi) is 6.39. The molecule has 2 aromatic carbocycles. The number of aryl methyl sites for hydroxylation is 1. The lowest BCUT2D eigenvalue weighted by atomic mass is 9.90. The monoisotopic (exact) mass is 354 g/mol. The minimum Gasteiger partial charge on any atom is -0.497 e. The van der Waals surface area contributed by atoms with Gasteiger partial charge in [-0.15, -0.1) is 0 Å². The van der Waals surface area contributed by atoms with E-state index in [4.69, 9.17) is 4.74 Å². The van der Waals surface area contributed by atoms with Gasteiger partial charge in [-0.2, -0.15) is 0 Å². The fourth-order valence-electron chi connectivity index (χ4n) is 2.48. The second-order valence-electron chi connectivity index (χ2n) is 6.62. The third kappa shape index (κ3) is 4.63. The van der Waals surface area contributed by atoms with Gasteiger partial charge in [0.25, 0.3) is 0 Å². The van der Waals surface area contributed by atoms with Gasteiger partial charge in [0.15, 0.2) is 0 Å². The fraction of sp³-hybridized carbons (Fsp3) is 0.333. The Bertz CT molecular complexity index is 767. The summed E-state index contributed by atoms with van der Waals surface area (Å²) in [5.74, 6) is 0.111. The Balaban J connectivity index is 2.00. The van der Waals surface area contributed by atoms with Crippen LogP contribution in [0, 0.1) is 5.41 Å². The van der Waals surface area contributed by atoms with Crippen LogP contribution < -0.4 is 15.4 Å². The van der Waals surface area contributed by atoms with Gasteiger partial charge >= 0.3 is 0 Å². The maximum absolute atomic E-state index is 12.7. The van der Waals surface area contributed by atoms with Crippen LogP contribution in [-0.4, -0.2) is 18.9 Å². The van der Waals surface area contributed by atoms with Gasteiger partial charge in [-0.05, 0) is 49.6 Å². The van der Waals surface area contributed by atoms with E-state index in [1.165, 1.54) is 0 Å². The van der Waals surface area contributed by atoms with E-state index in [-0.39, 0.29) is 11.8 Å². The van der Waals surface area contributed by atoms with E-state index in [0.29, 0.717) is 6.54 Å². The van der Waals surface area contributed by atoms with Crippen LogP contribution in [0.3, 0.4) is 0 Å². The third-order valence-corrected chi connectivity index (χ3v) is 4.39. The van der Waals surface area contributed by atoms with Gasteiger partial charge in [-0.25, -0.2) is 0 Å². The number of benzene rings is 2. The van der Waals surface area contributed by atoms with Crippen LogP contribution in [0.5, 0.6) is 5.75 Å². The van der Waals surface area contributed by atoms with E-state index in [1.807, 2.05) is 55.5 Å². The van der Waals surface area contributed by atoms with Crippen LogP contribution in [0.25, 0.3) is 0 Å². The highest BCUT2D eigenvalue weighted by molar-refractivity contribution is 6.10. The van der Waals surface area contributed by atoms with Crippen LogP contribution in [0.15, 0.2) is 48.5 Å². The molecule has 0 spiro atoms. The van der Waals surface area contributed by atoms with Crippen molar-refractivity contribution in [2.24, 2.45) is 5.41 Å². The summed E-state index contributed by atoms with van der Waals surface area (Å²) in [6.07, 6.45) is 0.806. The number of hydrogen-bond acceptors (Lipinski definition) is 3. The van der Waals surface area contributed by atoms with Crippen molar-refractivity contribution in [2.45, 2.75) is 33.7 Å². The summed E-state index contributed by atoms with van der Waals surface area (Å²) >= 11 is 0. The van der Waals surface area contributed by atoms with Crippen LogP contribution in [0.4, 0.5) is 5.69 Å². The van der Waals surface area contributed by atoms with Gasteiger partial charge in [0.2, 0.25) is 11.8 Å². The standard InChI is InChI=1S/C21H26N2O3/c1-5-16-8-6-7-9-18(16)23-20(25)21(2,3)19(24)22-14-15-10-12-17(26-4)13-11-15/h6-13H,5,14H2,1-4H3,(H,22,24)(H,23,25). The number of hydrogen-bond donors (Lipinski definition) is 2. The first kappa shape index (κ1) is 19.5. The molecule has 0 heterocycles. The Morgan fingerprint density at radius 3 is 2.27 bits per heavy atom. The number of para-hydroxylation sites is 1. The molecule has 2 aromatic rings. The number of anilines is 1. The molecule has 0 saturated carbocycles. The first-order valence-electron chi connectivity index (χ1n) is 8.69. The highest BCUT2D eigenvalue weighted by atomic mass is 16.5. The summed E-state index contributed by atoms with van der Waals surface area (Å²) in [6.45, 7) is 5.63. The third-order valence-electron chi connectivity index (χ3n) is 4.39. The summed E-state index contributed by atoms with van der Waals surface area (Å²) in [7, 11) is 1.61. The van der Waals surface area contributed by atoms with E-state index >= 15 is 0 Å². The molecule has 0 fully saturated rings. The predicted molar refractivity (Wildman–Crippen MR) is 103 cm³/mol. The van der Waals surface area contributed by atoms with Crippen LogP contribution in [0.1, 0.15) is 31.9 Å². The summed E-state index contributed by atoms with van der Waals surface area (Å²) in [5.41, 5.74) is 1.53. The summed E-state index contributed by atoms with van der Waals surface area (Å²) < 4.78 is 5.12. The van der Waals surface area contributed by atoms with Crippen molar-refractivity contribution in [2.75, 3.05) is 12.4 Å². The molecule has 26 heavy (non-hydrogen) atoms. The van der Waals surface area contributed by atoms with E-state index in [1.54, 1.807) is 21.0 Å². The number of carbonyl (C=O) groups excluding carboxylic acids is 2. The molecule has 0 atom stereocenters. The predicted octanol–water partition coefficient (Wildman–Crippen LogP) is 3.54. The van der Waals surface area contributed by atoms with E-state index in [0.717, 1.165) is 29.0 Å². The van der Waals surface area contributed by atoms with Crippen molar-refractivity contribution in [3.05, 3.63) is 59.7 Å². The fourth-order valence-corrected chi connectivity index (χ4v) is 2.48. The van der Waals surface area contributed by atoms with Gasteiger partial charge in [0, 0.05) is 12.2 Å². The molecule has 0 unspecified atom stereocenters. The number of methoxy groups -OCH3 is 1. The number of ether oxygens (including phenoxy) is 1. The average molecular weight is 354 g/mol. The van der Waals surface area contributed by atoms with Crippen molar-refractivity contribution in [3.8, 4) is 5.75 Å². The first-order chi connectivity index (χ1) is 12.4. The number of rotatable bonds is 7. The van der Waals surface area contributed by atoms with Crippen molar-refractivity contribution >= 4 is 17.5 Å². The second kappa shape index (κ2) is 8.52. The number of amides is 2. The molecule has 138 valence electrons. The second-order valence-corrected chi connectivity index (χ2v) is 6.62. The first-order valence-corrected chi connectivity index (χ1v) is 8.69. The molecule has 0 aliphatic carbocycles. The quantitative estimate of drug-likeness (QED) is 0.748. The van der Waals surface area contributed by atoms with Crippen molar-refractivity contribution in [3.63, 3.8) is 0 Å². The van der Waals surface area contributed by atoms with Gasteiger partial charge in [-0.3, -0.25) is 9.59 Å². The lowest BCUT2D eigenvalue weighted by Gasteiger charge is -2.23. The van der Waals surface area contributed by atoms with E-state index in [9.17, 15) is 9.59 Å². The molecule has 5 nitrogen and oxygen atoms in total. The molecule has 0 bridgehead atoms. The average Bonchev–Trinajstić information content (AvgIpc) is 2.66. The summed E-state index contributed by atoms with van der Waals surface area (Å²) in [6, 6.07) is 15.0. The minimum atomic E-state index is -1.19. The number of carbonyl (C=O) groups is 2. The van der Waals surface area contributed by atoms with Crippen LogP contribution >= 0.6 is 0 Å².